The van der Waals surface area contributed by atoms with Crippen LogP contribution in [0.15, 0.2) is 187 Å². The molecule has 0 aliphatic rings. The summed E-state index contributed by atoms with van der Waals surface area (Å²) in [6, 6.07) is 61.6. The zero-order valence-corrected chi connectivity index (χ0v) is 37.5. The molecule has 3 aromatic heterocycles. The van der Waals surface area contributed by atoms with Crippen LogP contribution in [0.4, 0.5) is 0 Å². The van der Waals surface area contributed by atoms with Gasteiger partial charge < -0.3 is 9.52 Å². The van der Waals surface area contributed by atoms with E-state index in [9.17, 15) is 5.11 Å². The number of phenolic OH excluding ortho intramolecular Hbond substituents is 1. The van der Waals surface area contributed by atoms with Crippen molar-refractivity contribution in [2.45, 2.75) is 52.4 Å². The molecular weight excluding hydrogens is 795 g/mol. The van der Waals surface area contributed by atoms with Crippen LogP contribution in [0.25, 0.3) is 105 Å². The molecule has 0 fully saturated rings. The maximum atomic E-state index is 12.5. The number of pyridine rings is 1. The van der Waals surface area contributed by atoms with Crippen LogP contribution in [0.2, 0.25) is 0 Å². The van der Waals surface area contributed by atoms with E-state index >= 15 is 0 Å². The second-order valence-electron chi connectivity index (χ2n) is 19.2. The first-order valence-corrected chi connectivity index (χ1v) is 22.4. The molecule has 316 valence electrons. The summed E-state index contributed by atoms with van der Waals surface area (Å²) in [4.78, 5) is 10.7. The zero-order valence-electron chi connectivity index (χ0n) is 37.5. The van der Waals surface area contributed by atoms with Crippen LogP contribution in [0.1, 0.15) is 52.7 Å². The Morgan fingerprint density at radius 1 is 0.523 bits per heavy atom. The monoisotopic (exact) mass is 843 g/mol. The van der Waals surface area contributed by atoms with E-state index in [2.05, 4.69) is 210 Å². The van der Waals surface area contributed by atoms with E-state index < -0.39 is 0 Å². The Morgan fingerprint density at radius 2 is 1.20 bits per heavy atom. The average Bonchev–Trinajstić information content (AvgIpc) is 3.91. The molecule has 0 bridgehead atoms. The Balaban J connectivity index is 1.21. The molecule has 0 aliphatic heterocycles. The fourth-order valence-corrected chi connectivity index (χ4v) is 9.49. The molecule has 0 unspecified atom stereocenters. The summed E-state index contributed by atoms with van der Waals surface area (Å²) in [5.41, 5.74) is 14.4. The van der Waals surface area contributed by atoms with E-state index in [0.717, 1.165) is 99.8 Å². The van der Waals surface area contributed by atoms with Crippen molar-refractivity contribution in [1.29, 1.82) is 0 Å². The van der Waals surface area contributed by atoms with Gasteiger partial charge in [0.05, 0.1) is 22.3 Å². The number of benzene rings is 8. The van der Waals surface area contributed by atoms with Gasteiger partial charge in [-0.15, -0.1) is 0 Å². The normalized spacial score (nSPS) is 12.2. The average molecular weight is 844 g/mol. The summed E-state index contributed by atoms with van der Waals surface area (Å²) in [6.45, 7) is 13.1. The fraction of sp³-hybridized carbons (Fsp3) is 0.133. The molecule has 0 saturated carbocycles. The highest BCUT2D eigenvalue weighted by molar-refractivity contribution is 6.20. The van der Waals surface area contributed by atoms with Gasteiger partial charge in [-0.05, 0) is 98.0 Å². The number of hydrogen-bond acceptors (Lipinski definition) is 4. The van der Waals surface area contributed by atoms with Crippen LogP contribution in [-0.2, 0) is 10.8 Å². The Morgan fingerprint density at radius 3 is 1.97 bits per heavy atom. The van der Waals surface area contributed by atoms with Crippen molar-refractivity contribution in [3.8, 4) is 67.5 Å². The third kappa shape index (κ3) is 6.87. The van der Waals surface area contributed by atoms with Crippen LogP contribution in [0.3, 0.4) is 0 Å². The SMILES string of the molecule is CC(C)(C)c1cc(-c2nc3c(-c4cc(-c5ccccc5)cc(-c5nccc6c5oc5ccc7ccccc7c56)c4)cccc3n2-c2ccccc2-c2ccccc2)c(O)c(C(C)(C)C)c1. The van der Waals surface area contributed by atoms with Gasteiger partial charge in [-0.1, -0.05) is 169 Å². The van der Waals surface area contributed by atoms with E-state index in [0.29, 0.717) is 11.4 Å². The third-order valence-electron chi connectivity index (χ3n) is 12.8. The molecule has 65 heavy (non-hydrogen) atoms. The first-order chi connectivity index (χ1) is 31.4. The minimum absolute atomic E-state index is 0.190. The lowest BCUT2D eigenvalue weighted by atomic mass is 9.79. The number of imidazole rings is 1. The number of furan rings is 1. The molecule has 0 radical (unpaired) electrons. The summed E-state index contributed by atoms with van der Waals surface area (Å²) in [5, 5.41) is 16.9. The maximum Gasteiger partial charge on any atom is 0.161 e. The number of aromatic nitrogens is 3. The lowest BCUT2D eigenvalue weighted by Gasteiger charge is -2.27. The minimum Gasteiger partial charge on any atom is -0.507 e. The molecule has 11 rings (SSSR count). The van der Waals surface area contributed by atoms with Gasteiger partial charge >= 0.3 is 0 Å². The summed E-state index contributed by atoms with van der Waals surface area (Å²) in [7, 11) is 0. The van der Waals surface area contributed by atoms with Crippen molar-refractivity contribution >= 4 is 43.7 Å². The highest BCUT2D eigenvalue weighted by Gasteiger charge is 2.29. The number of rotatable bonds is 6. The predicted molar refractivity (Wildman–Crippen MR) is 270 cm³/mol. The topological polar surface area (TPSA) is 64.1 Å². The number of aromatic hydroxyl groups is 1. The van der Waals surface area contributed by atoms with E-state index in [-0.39, 0.29) is 16.6 Å². The standard InChI is InChI=1S/C60H49N3O2/c1-59(2,3)43-35-48(56(64)49(36-43)60(4,5)6)58-62-55-46(25-17-27-51(55)63(58)50-26-16-15-23-44(50)38-20-11-8-12-21-38)41-32-40(37-18-9-7-10-19-37)33-42(34-41)54-57-47(30-31-61-54)53-45-24-14-13-22-39(45)28-29-52(53)65-57/h7-36,64H,1-6H3. The van der Waals surface area contributed by atoms with Crippen molar-refractivity contribution in [1.82, 2.24) is 14.5 Å². The van der Waals surface area contributed by atoms with Gasteiger partial charge in [0.25, 0.3) is 0 Å². The van der Waals surface area contributed by atoms with E-state index in [1.54, 1.807) is 0 Å². The van der Waals surface area contributed by atoms with Gasteiger partial charge in [0.1, 0.15) is 22.9 Å². The molecule has 5 nitrogen and oxygen atoms in total. The third-order valence-corrected chi connectivity index (χ3v) is 12.8. The Bertz CT molecular complexity index is 3620. The molecule has 3 heterocycles. The molecule has 8 aromatic carbocycles. The van der Waals surface area contributed by atoms with Crippen LogP contribution in [-0.4, -0.2) is 19.6 Å². The smallest absolute Gasteiger partial charge is 0.161 e. The second kappa shape index (κ2) is 15.2. The lowest BCUT2D eigenvalue weighted by Crippen LogP contribution is -2.17. The largest absolute Gasteiger partial charge is 0.507 e. The first-order valence-electron chi connectivity index (χ1n) is 22.4. The minimum atomic E-state index is -0.331. The van der Waals surface area contributed by atoms with Gasteiger partial charge in [-0.2, -0.15) is 0 Å². The van der Waals surface area contributed by atoms with Crippen LogP contribution in [0.5, 0.6) is 5.75 Å². The van der Waals surface area contributed by atoms with Gasteiger partial charge in [-0.25, -0.2) is 4.98 Å². The molecule has 0 amide bonds. The fourth-order valence-electron chi connectivity index (χ4n) is 9.49. The zero-order chi connectivity index (χ0) is 44.6. The summed E-state index contributed by atoms with van der Waals surface area (Å²) < 4.78 is 9.00. The summed E-state index contributed by atoms with van der Waals surface area (Å²) >= 11 is 0. The molecule has 0 atom stereocenters. The molecule has 0 aliphatic carbocycles. The van der Waals surface area contributed by atoms with Crippen molar-refractivity contribution in [2.24, 2.45) is 0 Å². The summed E-state index contributed by atoms with van der Waals surface area (Å²) in [5.74, 6) is 0.914. The van der Waals surface area contributed by atoms with Gasteiger partial charge in [0.2, 0.25) is 0 Å². The van der Waals surface area contributed by atoms with Crippen molar-refractivity contribution in [2.75, 3.05) is 0 Å². The predicted octanol–water partition coefficient (Wildman–Crippen LogP) is 16.1. The van der Waals surface area contributed by atoms with Crippen LogP contribution in [0, 0.1) is 0 Å². The molecule has 0 spiro atoms. The Kier molecular flexibility index (Phi) is 9.37. The maximum absolute atomic E-state index is 12.5. The molecule has 1 N–H and O–H groups in total. The van der Waals surface area contributed by atoms with Gasteiger partial charge in [0, 0.05) is 39.2 Å². The highest BCUT2D eigenvalue weighted by Crippen LogP contribution is 2.46. The molecule has 11 aromatic rings. The first kappa shape index (κ1) is 40.0. The van der Waals surface area contributed by atoms with Crippen molar-refractivity contribution < 1.29 is 9.52 Å². The van der Waals surface area contributed by atoms with Crippen LogP contribution >= 0.6 is 0 Å². The second-order valence-corrected chi connectivity index (χ2v) is 19.2. The van der Waals surface area contributed by atoms with E-state index in [1.807, 2.05) is 18.3 Å². The highest BCUT2D eigenvalue weighted by atomic mass is 16.3. The number of phenols is 1. The number of para-hydroxylation sites is 2. The van der Waals surface area contributed by atoms with Crippen molar-refractivity contribution in [3.05, 3.63) is 193 Å². The van der Waals surface area contributed by atoms with Crippen LogP contribution < -0.4 is 0 Å². The quantitative estimate of drug-likeness (QED) is 0.181. The Labute approximate surface area is 379 Å². The molecule has 0 saturated heterocycles. The molecule has 5 heteroatoms. The Hall–Kier alpha value is -7.76. The summed E-state index contributed by atoms with van der Waals surface area (Å²) in [6.07, 6.45) is 1.89. The van der Waals surface area contributed by atoms with E-state index in [4.69, 9.17) is 14.4 Å². The molecular formula is C60H49N3O2. The van der Waals surface area contributed by atoms with Crippen molar-refractivity contribution in [3.63, 3.8) is 0 Å². The number of fused-ring (bicyclic) bond motifs is 6. The van der Waals surface area contributed by atoms with E-state index in [1.165, 1.54) is 5.39 Å². The number of hydrogen-bond donors (Lipinski definition) is 1. The lowest BCUT2D eigenvalue weighted by molar-refractivity contribution is 0.446. The van der Waals surface area contributed by atoms with Gasteiger partial charge in [-0.3, -0.25) is 9.55 Å². The number of nitrogens with zero attached hydrogens (tertiary/aromatic N) is 3. The van der Waals surface area contributed by atoms with Gasteiger partial charge in [0.15, 0.2) is 5.58 Å².